The Hall–Kier alpha value is -0.0600. The molecule has 0 aromatic heterocycles. The minimum absolute atomic E-state index is 0.734. The molecule has 0 rings (SSSR count). The molecule has 5 heteroatoms. The van der Waals surface area contributed by atoms with Crippen molar-refractivity contribution in [2.45, 2.75) is 13.1 Å². The smallest absolute Gasteiger partial charge is 0.211 e. The Labute approximate surface area is 57.7 Å². The van der Waals surface area contributed by atoms with E-state index in [1.807, 2.05) is 15.9 Å². The summed E-state index contributed by atoms with van der Waals surface area (Å²) >= 11 is 2.04. The van der Waals surface area contributed by atoms with E-state index in [0.717, 1.165) is 6.92 Å². The molecule has 0 aliphatic rings. The van der Waals surface area contributed by atoms with E-state index in [-0.39, 0.29) is 0 Å². The van der Waals surface area contributed by atoms with Gasteiger partial charge in [0.05, 0.1) is 0 Å². The van der Waals surface area contributed by atoms with E-state index in [9.17, 15) is 17.6 Å². The number of hydrogen-bond acceptors (Lipinski definition) is 0. The van der Waals surface area contributed by atoms with Crippen LogP contribution in [0, 0.1) is 0 Å². The van der Waals surface area contributed by atoms with Crippen LogP contribution in [0.2, 0.25) is 0 Å². The molecule has 0 aromatic carbocycles. The lowest BCUT2D eigenvalue weighted by atomic mass is 10.5. The van der Waals surface area contributed by atoms with Gasteiger partial charge >= 0.3 is 6.18 Å². The Morgan fingerprint density at radius 3 is 1.67 bits per heavy atom. The standard InChI is InChI=1S/C4H3BrF4/c1-2(6)3(5)4(7,8)9/h1H3/b3-2-. The third-order valence-corrected chi connectivity index (χ3v) is 1.55. The van der Waals surface area contributed by atoms with Crippen LogP contribution in [-0.2, 0) is 0 Å². The monoisotopic (exact) mass is 206 g/mol. The van der Waals surface area contributed by atoms with E-state index in [2.05, 4.69) is 0 Å². The maximum absolute atomic E-state index is 11.7. The predicted octanol–water partition coefficient (Wildman–Crippen LogP) is 3.14. The van der Waals surface area contributed by atoms with Gasteiger partial charge < -0.3 is 0 Å². The molecular formula is C4H3BrF4. The summed E-state index contributed by atoms with van der Waals surface area (Å²) in [6.07, 6.45) is -4.60. The molecule has 0 aliphatic carbocycles. The van der Waals surface area contributed by atoms with Gasteiger partial charge in [-0.25, -0.2) is 4.39 Å². The van der Waals surface area contributed by atoms with E-state index >= 15 is 0 Å². The third kappa shape index (κ3) is 2.84. The molecular weight excluding hydrogens is 204 g/mol. The highest BCUT2D eigenvalue weighted by Crippen LogP contribution is 2.32. The lowest BCUT2D eigenvalue weighted by Crippen LogP contribution is -2.07. The van der Waals surface area contributed by atoms with Crippen molar-refractivity contribution in [1.29, 1.82) is 0 Å². The maximum atomic E-state index is 11.7. The lowest BCUT2D eigenvalue weighted by Gasteiger charge is -2.02. The average molecular weight is 207 g/mol. The van der Waals surface area contributed by atoms with Crippen LogP contribution >= 0.6 is 15.9 Å². The zero-order chi connectivity index (χ0) is 7.65. The van der Waals surface area contributed by atoms with Crippen LogP contribution in [0.5, 0.6) is 0 Å². The molecule has 0 aromatic rings. The Bertz CT molecular complexity index is 130. The van der Waals surface area contributed by atoms with Gasteiger partial charge in [-0.2, -0.15) is 13.2 Å². The zero-order valence-corrected chi connectivity index (χ0v) is 5.98. The zero-order valence-electron chi connectivity index (χ0n) is 4.39. The second-order valence-electron chi connectivity index (χ2n) is 1.35. The first kappa shape index (κ1) is 8.94. The summed E-state index contributed by atoms with van der Waals surface area (Å²) in [5, 5.41) is 0. The van der Waals surface area contributed by atoms with Crippen LogP contribution in [0.4, 0.5) is 17.6 Å². The fourth-order valence-corrected chi connectivity index (χ4v) is 0.195. The van der Waals surface area contributed by atoms with Crippen LogP contribution in [0.3, 0.4) is 0 Å². The van der Waals surface area contributed by atoms with E-state index in [1.54, 1.807) is 0 Å². The first-order chi connectivity index (χ1) is 3.85. The summed E-state index contributed by atoms with van der Waals surface area (Å²) in [5.41, 5.74) is 0. The SMILES string of the molecule is C/C(F)=C(/Br)C(F)(F)F. The van der Waals surface area contributed by atoms with Gasteiger partial charge in [-0.15, -0.1) is 0 Å². The van der Waals surface area contributed by atoms with Gasteiger partial charge in [-0.3, -0.25) is 0 Å². The molecule has 0 bridgehead atoms. The first-order valence-electron chi connectivity index (χ1n) is 1.94. The molecule has 0 N–H and O–H groups in total. The quantitative estimate of drug-likeness (QED) is 0.535. The van der Waals surface area contributed by atoms with Gasteiger partial charge in [0.2, 0.25) is 0 Å². The number of alkyl halides is 3. The van der Waals surface area contributed by atoms with Gasteiger partial charge in [0.25, 0.3) is 0 Å². The Kier molecular flexibility index (Phi) is 2.66. The third-order valence-electron chi connectivity index (χ3n) is 0.551. The van der Waals surface area contributed by atoms with Gasteiger partial charge in [-0.05, 0) is 22.9 Å². The van der Waals surface area contributed by atoms with Crippen LogP contribution in [0.15, 0.2) is 10.3 Å². The molecule has 0 saturated heterocycles. The Balaban J connectivity index is 4.40. The molecule has 54 valence electrons. The topological polar surface area (TPSA) is 0 Å². The molecule has 0 amide bonds. The van der Waals surface area contributed by atoms with Gasteiger partial charge in [0.1, 0.15) is 10.3 Å². The van der Waals surface area contributed by atoms with Gasteiger partial charge in [0.15, 0.2) is 0 Å². The lowest BCUT2D eigenvalue weighted by molar-refractivity contribution is -0.0844. The number of allylic oxidation sites excluding steroid dienone is 2. The molecule has 9 heavy (non-hydrogen) atoms. The molecule has 0 atom stereocenters. The average Bonchev–Trinajstić information content (AvgIpc) is 1.62. The summed E-state index contributed by atoms with van der Waals surface area (Å²) in [4.78, 5) is 0. The van der Waals surface area contributed by atoms with Crippen LogP contribution in [0.25, 0.3) is 0 Å². The van der Waals surface area contributed by atoms with Crippen LogP contribution < -0.4 is 0 Å². The summed E-state index contributed by atoms with van der Waals surface area (Å²) in [6, 6.07) is 0. The highest BCUT2D eigenvalue weighted by Gasteiger charge is 2.33. The number of rotatable bonds is 0. The van der Waals surface area contributed by atoms with Crippen molar-refractivity contribution in [3.8, 4) is 0 Å². The maximum Gasteiger partial charge on any atom is 0.425 e. The van der Waals surface area contributed by atoms with E-state index in [0.29, 0.717) is 0 Å². The van der Waals surface area contributed by atoms with E-state index in [4.69, 9.17) is 0 Å². The van der Waals surface area contributed by atoms with E-state index in [1.165, 1.54) is 0 Å². The number of hydrogen-bond donors (Lipinski definition) is 0. The number of halogens is 5. The summed E-state index contributed by atoms with van der Waals surface area (Å²) in [6.45, 7) is 0.734. The fraction of sp³-hybridized carbons (Fsp3) is 0.500. The molecule has 0 aliphatic heterocycles. The molecule has 0 saturated carbocycles. The largest absolute Gasteiger partial charge is 0.425 e. The fourth-order valence-electron chi connectivity index (χ4n) is 0.195. The molecule has 0 nitrogen and oxygen atoms in total. The molecule has 0 spiro atoms. The Morgan fingerprint density at radius 1 is 1.33 bits per heavy atom. The summed E-state index contributed by atoms with van der Waals surface area (Å²) < 4.78 is 44.4. The van der Waals surface area contributed by atoms with Gasteiger partial charge in [-0.1, -0.05) is 0 Å². The van der Waals surface area contributed by atoms with Crippen LogP contribution in [0.1, 0.15) is 6.92 Å². The summed E-state index contributed by atoms with van der Waals surface area (Å²) in [7, 11) is 0. The second-order valence-corrected chi connectivity index (χ2v) is 2.14. The van der Waals surface area contributed by atoms with Crippen molar-refractivity contribution >= 4 is 15.9 Å². The normalized spacial score (nSPS) is 15.3. The predicted molar refractivity (Wildman–Crippen MR) is 28.8 cm³/mol. The second kappa shape index (κ2) is 2.68. The highest BCUT2D eigenvalue weighted by atomic mass is 79.9. The minimum atomic E-state index is -4.60. The molecule has 0 radical (unpaired) electrons. The molecule has 0 unspecified atom stereocenters. The van der Waals surface area contributed by atoms with Crippen molar-refractivity contribution in [1.82, 2.24) is 0 Å². The van der Waals surface area contributed by atoms with Crippen molar-refractivity contribution in [3.63, 3.8) is 0 Å². The first-order valence-corrected chi connectivity index (χ1v) is 2.74. The van der Waals surface area contributed by atoms with Crippen molar-refractivity contribution < 1.29 is 17.6 Å². The van der Waals surface area contributed by atoms with Crippen molar-refractivity contribution in [2.24, 2.45) is 0 Å². The van der Waals surface area contributed by atoms with Crippen molar-refractivity contribution in [3.05, 3.63) is 10.3 Å². The van der Waals surface area contributed by atoms with Gasteiger partial charge in [0, 0.05) is 0 Å². The summed E-state index contributed by atoms with van der Waals surface area (Å²) in [5.74, 6) is -1.26. The van der Waals surface area contributed by atoms with Crippen molar-refractivity contribution in [2.75, 3.05) is 0 Å². The van der Waals surface area contributed by atoms with E-state index < -0.39 is 16.5 Å². The van der Waals surface area contributed by atoms with Crippen LogP contribution in [-0.4, -0.2) is 6.18 Å². The minimum Gasteiger partial charge on any atom is -0.211 e. The molecule has 0 fully saturated rings. The molecule has 0 heterocycles. The highest BCUT2D eigenvalue weighted by molar-refractivity contribution is 9.11. The Morgan fingerprint density at radius 2 is 1.67 bits per heavy atom.